The van der Waals surface area contributed by atoms with E-state index in [0.717, 1.165) is 55.5 Å². The Hall–Kier alpha value is -9.53. The van der Waals surface area contributed by atoms with Crippen LogP contribution in [0.25, 0.3) is 89.2 Å². The first-order chi connectivity index (χ1) is 43.4. The van der Waals surface area contributed by atoms with Gasteiger partial charge < -0.3 is 18.8 Å². The summed E-state index contributed by atoms with van der Waals surface area (Å²) in [6.45, 7) is 19.6. The van der Waals surface area contributed by atoms with E-state index in [1.54, 1.807) is 4.57 Å². The molecule has 0 amide bonds. The van der Waals surface area contributed by atoms with Crippen LogP contribution in [0.5, 0.6) is 11.5 Å². The van der Waals surface area contributed by atoms with Gasteiger partial charge in [-0.3, -0.25) is 0 Å². The zero-order valence-corrected chi connectivity index (χ0v) is 47.8. The van der Waals surface area contributed by atoms with E-state index < -0.39 is 48.4 Å². The van der Waals surface area contributed by atoms with Gasteiger partial charge in [0.25, 0.3) is 6.71 Å². The van der Waals surface area contributed by atoms with E-state index in [9.17, 15) is 5.48 Å². The lowest BCUT2D eigenvalue weighted by Crippen LogP contribution is -2.59. The van der Waals surface area contributed by atoms with Crippen LogP contribution in [0.4, 0.5) is 17.1 Å². The number of rotatable bonds is 6. The molecule has 2 aliphatic heterocycles. The molecule has 0 unspecified atom stereocenters. The smallest absolute Gasteiger partial charge is 0.256 e. The molecular weight excluding hydrogens is 1010 g/mol. The van der Waals surface area contributed by atoms with Gasteiger partial charge in [0.15, 0.2) is 17.5 Å². The summed E-state index contributed by atoms with van der Waals surface area (Å²) in [4.78, 5) is 17.8. The molecular formula is C75H63BN6O. The molecule has 10 aromatic carbocycles. The Morgan fingerprint density at radius 2 is 0.904 bits per heavy atom. The standard InChI is InChI=1S/C75H63BN6O/c1-73(2,3)48-32-38-63-56(40-48)57-41-49(74(4,5)6)33-39-64(57)81(63)52-35-37-59-67(45-52)83-68-43-50(75(7,8)9)42-66-69(68)76(59)58-36-34-51(80-60-29-19-16-26-53(60)54-27-17-20-30-61(54)80)44-65(58)82(66)62-31-21-18-28-55(62)72-78-70(46-22-12-10-13-23-46)77-71(79-72)47-24-14-11-15-25-47/h10-45H,1-9H3/i16D,17D,19D,20D,26D,27D,29D,30D. The summed E-state index contributed by atoms with van der Waals surface area (Å²) in [5, 5.41) is 2.34. The summed E-state index contributed by atoms with van der Waals surface area (Å²) < 4.78 is 84.8. The van der Waals surface area contributed by atoms with Crippen molar-refractivity contribution in [2.24, 2.45) is 0 Å². The number of para-hydroxylation sites is 3. The van der Waals surface area contributed by atoms with Gasteiger partial charge in [0, 0.05) is 67.1 Å². The molecule has 0 saturated carbocycles. The summed E-state index contributed by atoms with van der Waals surface area (Å²) in [5.41, 5.74) is 13.8. The van der Waals surface area contributed by atoms with Gasteiger partial charge in [-0.25, -0.2) is 15.0 Å². The third-order valence-corrected chi connectivity index (χ3v) is 16.7. The van der Waals surface area contributed by atoms with Crippen LogP contribution in [0.3, 0.4) is 0 Å². The summed E-state index contributed by atoms with van der Waals surface area (Å²) in [6.07, 6.45) is 0. The fourth-order valence-corrected chi connectivity index (χ4v) is 12.4. The number of nitrogens with zero attached hydrogens (tertiary/aromatic N) is 6. The highest BCUT2D eigenvalue weighted by molar-refractivity contribution is 6.99. The second kappa shape index (κ2) is 18.5. The third-order valence-electron chi connectivity index (χ3n) is 16.7. The molecule has 0 N–H and O–H groups in total. The highest BCUT2D eigenvalue weighted by Gasteiger charge is 2.44. The highest BCUT2D eigenvalue weighted by Crippen LogP contribution is 2.48. The lowest BCUT2D eigenvalue weighted by molar-refractivity contribution is 0.483. The summed E-state index contributed by atoms with van der Waals surface area (Å²) in [7, 11) is 0. The maximum atomic E-state index is 9.55. The number of hydrogen-bond donors (Lipinski definition) is 0. The molecule has 5 heterocycles. The lowest BCUT2D eigenvalue weighted by atomic mass is 9.34. The molecule has 13 aromatic rings. The molecule has 15 rings (SSSR count). The van der Waals surface area contributed by atoms with Crippen molar-refractivity contribution in [1.29, 1.82) is 0 Å². The molecule has 8 heteroatoms. The molecule has 3 aromatic heterocycles. The topological polar surface area (TPSA) is 61.0 Å². The number of fused-ring (bicyclic) bond motifs is 10. The van der Waals surface area contributed by atoms with E-state index in [4.69, 9.17) is 25.2 Å². The quantitative estimate of drug-likeness (QED) is 0.155. The van der Waals surface area contributed by atoms with Crippen LogP contribution in [-0.4, -0.2) is 30.8 Å². The molecule has 0 radical (unpaired) electrons. The first kappa shape index (κ1) is 42.3. The molecule has 0 bridgehead atoms. The Bertz CT molecular complexity index is 5070. The Labute approximate surface area is 496 Å². The van der Waals surface area contributed by atoms with Crippen molar-refractivity contribution >= 4 is 83.8 Å². The molecule has 0 aliphatic carbocycles. The number of anilines is 3. The Kier molecular flexibility index (Phi) is 9.44. The van der Waals surface area contributed by atoms with E-state index in [2.05, 4.69) is 139 Å². The predicted octanol–water partition coefficient (Wildman–Crippen LogP) is 17.4. The second-order valence-corrected chi connectivity index (χ2v) is 25.1. The average molecular weight is 1080 g/mol. The van der Waals surface area contributed by atoms with Gasteiger partial charge >= 0.3 is 0 Å². The predicted molar refractivity (Wildman–Crippen MR) is 347 cm³/mol. The normalized spacial score (nSPS) is 14.5. The number of aromatic nitrogens is 5. The maximum Gasteiger partial charge on any atom is 0.256 e. The van der Waals surface area contributed by atoms with E-state index in [-0.39, 0.29) is 44.7 Å². The molecule has 0 spiro atoms. The summed E-state index contributed by atoms with van der Waals surface area (Å²) in [5.74, 6) is 2.77. The maximum absolute atomic E-state index is 9.55. The number of ether oxygens (including phenoxy) is 1. The van der Waals surface area contributed by atoms with Crippen LogP contribution in [0.2, 0.25) is 0 Å². The highest BCUT2D eigenvalue weighted by atomic mass is 16.5. The van der Waals surface area contributed by atoms with E-state index >= 15 is 0 Å². The van der Waals surface area contributed by atoms with Gasteiger partial charge in [0.05, 0.1) is 38.7 Å². The van der Waals surface area contributed by atoms with E-state index in [1.165, 1.54) is 21.9 Å². The fourth-order valence-electron chi connectivity index (χ4n) is 12.4. The minimum absolute atomic E-state index is 0.00213. The first-order valence-corrected chi connectivity index (χ1v) is 28.4. The minimum Gasteiger partial charge on any atom is -0.458 e. The molecule has 0 fully saturated rings. The first-order valence-electron chi connectivity index (χ1n) is 32.4. The largest absolute Gasteiger partial charge is 0.458 e. The van der Waals surface area contributed by atoms with Crippen molar-refractivity contribution < 1.29 is 15.7 Å². The zero-order chi connectivity index (χ0) is 63.6. The average Bonchev–Trinajstić information content (AvgIpc) is 1.70. The molecule has 7 nitrogen and oxygen atoms in total. The van der Waals surface area contributed by atoms with Crippen LogP contribution < -0.4 is 26.0 Å². The summed E-state index contributed by atoms with van der Waals surface area (Å²) >= 11 is 0. The number of hydrogen-bond acceptors (Lipinski definition) is 5. The lowest BCUT2D eigenvalue weighted by Gasteiger charge is -2.41. The van der Waals surface area contributed by atoms with Crippen LogP contribution in [0.15, 0.2) is 218 Å². The van der Waals surface area contributed by atoms with Gasteiger partial charge in [0.1, 0.15) is 11.5 Å². The Balaban J connectivity index is 1.03. The van der Waals surface area contributed by atoms with Crippen LogP contribution >= 0.6 is 0 Å². The van der Waals surface area contributed by atoms with Crippen molar-refractivity contribution in [1.82, 2.24) is 24.1 Å². The Morgan fingerprint density at radius 1 is 0.398 bits per heavy atom. The second-order valence-electron chi connectivity index (χ2n) is 25.1. The molecule has 2 aliphatic rings. The fraction of sp³-hybridized carbons (Fsp3) is 0.160. The van der Waals surface area contributed by atoms with Gasteiger partial charge in [-0.05, 0) is 128 Å². The Morgan fingerprint density at radius 3 is 1.48 bits per heavy atom. The van der Waals surface area contributed by atoms with Crippen molar-refractivity contribution in [2.45, 2.75) is 78.6 Å². The van der Waals surface area contributed by atoms with E-state index in [1.807, 2.05) is 103 Å². The zero-order valence-electron chi connectivity index (χ0n) is 55.8. The van der Waals surface area contributed by atoms with Crippen molar-refractivity contribution in [3.63, 3.8) is 0 Å². The minimum atomic E-state index is -0.507. The van der Waals surface area contributed by atoms with Gasteiger partial charge in [-0.1, -0.05) is 196 Å². The SMILES string of the molecule is [2H]c1c([2H])c([2H])c2c(c1[2H])c1c([2H])c([2H])c([2H])c([2H])c1n2-c1ccc2c(c1)N(c1ccccc1-c1nc(-c3ccccc3)nc(-c3ccccc3)n1)c1cc(C(C)(C)C)cc3c1B2c1ccc(-n2c4ccc(C(C)(C)C)cc4c4cc(C(C)(C)C)ccc42)cc1O3. The van der Waals surface area contributed by atoms with Crippen molar-refractivity contribution in [3.8, 4) is 57.0 Å². The third kappa shape index (κ3) is 8.20. The van der Waals surface area contributed by atoms with Gasteiger partial charge in [-0.15, -0.1) is 0 Å². The molecule has 83 heavy (non-hydrogen) atoms. The number of benzene rings is 10. The van der Waals surface area contributed by atoms with Crippen molar-refractivity contribution in [3.05, 3.63) is 235 Å². The van der Waals surface area contributed by atoms with Gasteiger partial charge in [0.2, 0.25) is 0 Å². The van der Waals surface area contributed by atoms with Crippen LogP contribution in [0, 0.1) is 0 Å². The van der Waals surface area contributed by atoms with Crippen LogP contribution in [0.1, 0.15) is 90.0 Å². The monoisotopic (exact) mass is 1080 g/mol. The van der Waals surface area contributed by atoms with Crippen molar-refractivity contribution in [2.75, 3.05) is 4.90 Å². The van der Waals surface area contributed by atoms with Crippen LogP contribution in [-0.2, 0) is 16.2 Å². The molecule has 0 saturated heterocycles. The van der Waals surface area contributed by atoms with Gasteiger partial charge in [-0.2, -0.15) is 0 Å². The molecule has 0 atom stereocenters. The van der Waals surface area contributed by atoms with E-state index in [0.29, 0.717) is 51.6 Å². The summed E-state index contributed by atoms with van der Waals surface area (Å²) in [6, 6.07) is 54.7. The molecule has 402 valence electrons.